The van der Waals surface area contributed by atoms with Crippen LogP contribution in [-0.2, 0) is 0 Å². The number of nitrogens with zero attached hydrogens (tertiary/aromatic N) is 2. The number of para-hydroxylation sites is 2. The molecular formula is C55H18B18N2. The van der Waals surface area contributed by atoms with Crippen LogP contribution in [0.1, 0.15) is 0 Å². The quantitative estimate of drug-likeness (QED) is 0.120. The fourth-order valence-corrected chi connectivity index (χ4v) is 10.6. The smallest absolute Gasteiger partial charge is 0.145 e. The Labute approximate surface area is 460 Å². The summed E-state index contributed by atoms with van der Waals surface area (Å²) in [6.45, 7) is 0. The van der Waals surface area contributed by atoms with Gasteiger partial charge in [-0.2, -0.15) is 0 Å². The number of hydrogen-bond acceptors (Lipinski definition) is 1. The molecule has 0 N–H and O–H groups in total. The summed E-state index contributed by atoms with van der Waals surface area (Å²) < 4.78 is 2.15. The van der Waals surface area contributed by atoms with Crippen LogP contribution in [0.25, 0.3) is 105 Å². The standard InChI is InChI=1S/C55H18B18N2/c56-37-31(38(57)46(65)53(72)45(37)64)23-16-22(17-24(18-23)32-39(58)47(66)54(73)48(67)40(32)59)30-35-33(41(60)49(68)51(70)43(35)62)29(34-36(30)44(63)52(71)50(69)42(34)61)20-12-14-21(15-13-20)55-74-26-9-3-4-10-28(26)75(55)27-11-5-7-19-6-1-2-8-25(19)27/h1-18H. The van der Waals surface area contributed by atoms with Crippen molar-refractivity contribution in [2.24, 2.45) is 0 Å². The van der Waals surface area contributed by atoms with E-state index in [4.69, 9.17) is 146 Å². The van der Waals surface area contributed by atoms with E-state index in [1.54, 1.807) is 18.2 Å². The first-order valence-corrected chi connectivity index (χ1v) is 23.3. The largest absolute Gasteiger partial charge is 0.292 e. The molecule has 0 spiro atoms. The van der Waals surface area contributed by atoms with Gasteiger partial charge in [0.25, 0.3) is 0 Å². The normalized spacial score (nSPS) is 11.6. The summed E-state index contributed by atoms with van der Waals surface area (Å²) in [6, 6.07) is 35.3. The van der Waals surface area contributed by atoms with E-state index in [0.29, 0.717) is 60.8 Å². The second kappa shape index (κ2) is 18.7. The van der Waals surface area contributed by atoms with Gasteiger partial charge in [-0.15, -0.1) is 54.6 Å². The minimum atomic E-state index is -0.0132. The van der Waals surface area contributed by atoms with Crippen molar-refractivity contribution in [2.75, 3.05) is 0 Å². The van der Waals surface area contributed by atoms with E-state index in [2.05, 4.69) is 28.8 Å². The number of fused-ring (bicyclic) bond motifs is 4. The highest BCUT2D eigenvalue weighted by Gasteiger charge is 2.27. The molecule has 0 atom stereocenters. The van der Waals surface area contributed by atoms with Gasteiger partial charge in [-0.3, -0.25) is 4.57 Å². The molecule has 36 radical (unpaired) electrons. The molecule has 1 heterocycles. The summed E-state index contributed by atoms with van der Waals surface area (Å²) in [7, 11) is 121. The van der Waals surface area contributed by atoms with Gasteiger partial charge in [0.05, 0.1) is 16.7 Å². The number of rotatable bonds is 6. The Morgan fingerprint density at radius 2 is 0.627 bits per heavy atom. The minimum Gasteiger partial charge on any atom is -0.292 e. The number of aromatic nitrogens is 2. The fraction of sp³-hybridized carbons (Fsp3) is 0. The van der Waals surface area contributed by atoms with Crippen LogP contribution < -0.4 is 98.3 Å². The summed E-state index contributed by atoms with van der Waals surface area (Å²) in [5.74, 6) is 0.693. The van der Waals surface area contributed by atoms with Gasteiger partial charge in [-0.05, 0) is 108 Å². The van der Waals surface area contributed by atoms with Crippen molar-refractivity contribution in [3.8, 4) is 61.6 Å². The minimum absolute atomic E-state index is 0.00519. The van der Waals surface area contributed by atoms with Gasteiger partial charge in [0, 0.05) is 10.9 Å². The third-order valence-corrected chi connectivity index (χ3v) is 14.5. The van der Waals surface area contributed by atoms with Crippen LogP contribution in [0.3, 0.4) is 0 Å². The maximum Gasteiger partial charge on any atom is 0.145 e. The van der Waals surface area contributed by atoms with Gasteiger partial charge in [0.1, 0.15) is 147 Å². The first-order valence-electron chi connectivity index (χ1n) is 23.3. The summed E-state index contributed by atoms with van der Waals surface area (Å²) in [6.07, 6.45) is 0. The second-order valence-electron chi connectivity index (χ2n) is 18.6. The van der Waals surface area contributed by atoms with Gasteiger partial charge < -0.3 is 0 Å². The van der Waals surface area contributed by atoms with E-state index in [0.717, 1.165) is 33.1 Å². The van der Waals surface area contributed by atoms with Crippen LogP contribution in [0.15, 0.2) is 109 Å². The van der Waals surface area contributed by atoms with Crippen LogP contribution in [0.5, 0.6) is 0 Å². The number of benzene rings is 10. The van der Waals surface area contributed by atoms with Crippen LogP contribution >= 0.6 is 0 Å². The van der Waals surface area contributed by atoms with Crippen LogP contribution in [0.4, 0.5) is 0 Å². The molecule has 0 amide bonds. The lowest BCUT2D eigenvalue weighted by Gasteiger charge is -2.29. The number of hydrogen-bond donors (Lipinski definition) is 0. The molecule has 0 unspecified atom stereocenters. The second-order valence-corrected chi connectivity index (χ2v) is 18.6. The van der Waals surface area contributed by atoms with Crippen LogP contribution in [-0.4, -0.2) is 151 Å². The van der Waals surface area contributed by atoms with Crippen LogP contribution in [0, 0.1) is 0 Å². The molecule has 0 aliphatic heterocycles. The van der Waals surface area contributed by atoms with Crippen molar-refractivity contribution in [3.05, 3.63) is 109 Å². The SMILES string of the molecule is [B]c1c([B])c([B])c(-c2cc(-c3c([B])c([B])c([B])c([B])c3[B])cc(-c3c4c([B])c([B])c([B])c([B])c4c(-c4ccc(-c5nc6ccccc6n5-c5cccc6ccccc56)cc4)c4c([B])c([B])c([B])c([B])c34)c2)c([B])c1[B]. The average Bonchev–Trinajstić information content (AvgIpc) is 3.83. The maximum atomic E-state index is 7.20. The molecule has 302 valence electrons. The zero-order valence-electron chi connectivity index (χ0n) is 40.2. The Morgan fingerprint density at radius 1 is 0.280 bits per heavy atom. The van der Waals surface area contributed by atoms with Crippen molar-refractivity contribution in [3.63, 3.8) is 0 Å². The molecule has 11 aromatic rings. The van der Waals surface area contributed by atoms with Crippen molar-refractivity contribution >= 4 is 283 Å². The highest BCUT2D eigenvalue weighted by molar-refractivity contribution is 6.73. The molecule has 20 heteroatoms. The fourth-order valence-electron chi connectivity index (χ4n) is 10.6. The highest BCUT2D eigenvalue weighted by atomic mass is 15.1. The molecule has 0 saturated carbocycles. The molecule has 1 aromatic heterocycles. The molecule has 75 heavy (non-hydrogen) atoms. The molecule has 0 aliphatic rings. The Balaban J connectivity index is 1.27. The van der Waals surface area contributed by atoms with Crippen molar-refractivity contribution in [1.82, 2.24) is 9.55 Å². The zero-order chi connectivity index (χ0) is 53.4. The van der Waals surface area contributed by atoms with Gasteiger partial charge in [0.2, 0.25) is 0 Å². The Kier molecular flexibility index (Phi) is 12.7. The highest BCUT2D eigenvalue weighted by Crippen LogP contribution is 2.43. The molecule has 0 fully saturated rings. The summed E-state index contributed by atoms with van der Waals surface area (Å²) in [4.78, 5) is 5.17. The Morgan fingerprint density at radius 3 is 1.09 bits per heavy atom. The van der Waals surface area contributed by atoms with E-state index < -0.39 is 0 Å². The first-order chi connectivity index (χ1) is 35.7. The lowest BCUT2D eigenvalue weighted by molar-refractivity contribution is 1.11. The van der Waals surface area contributed by atoms with E-state index in [1.165, 1.54) is 0 Å². The monoisotopic (exact) mass is 904 g/mol. The van der Waals surface area contributed by atoms with Gasteiger partial charge in [-0.25, -0.2) is 4.98 Å². The van der Waals surface area contributed by atoms with E-state index in [9.17, 15) is 0 Å². The van der Waals surface area contributed by atoms with E-state index in [1.807, 2.05) is 66.7 Å². The van der Waals surface area contributed by atoms with Gasteiger partial charge in [-0.1, -0.05) is 116 Å². The average molecular weight is 901 g/mol. The lowest BCUT2D eigenvalue weighted by atomic mass is 9.58. The predicted molar refractivity (Wildman–Crippen MR) is 338 cm³/mol. The molecular weight excluding hydrogens is 883 g/mol. The van der Waals surface area contributed by atoms with Crippen molar-refractivity contribution in [2.45, 2.75) is 0 Å². The Bertz CT molecular complexity index is 4110. The van der Waals surface area contributed by atoms with Crippen molar-refractivity contribution in [1.29, 1.82) is 0 Å². The molecule has 11 rings (SSSR count). The maximum absolute atomic E-state index is 7.20. The van der Waals surface area contributed by atoms with E-state index in [-0.39, 0.29) is 109 Å². The molecule has 0 aliphatic carbocycles. The topological polar surface area (TPSA) is 17.8 Å². The van der Waals surface area contributed by atoms with E-state index >= 15 is 0 Å². The van der Waals surface area contributed by atoms with Gasteiger partial charge >= 0.3 is 0 Å². The first kappa shape index (κ1) is 50.8. The number of imidazole rings is 1. The third-order valence-electron chi connectivity index (χ3n) is 14.5. The summed E-state index contributed by atoms with van der Waals surface area (Å²) in [5.41, 5.74) is 6.52. The molecule has 0 saturated heterocycles. The third kappa shape index (κ3) is 7.61. The molecule has 2 nitrogen and oxygen atoms in total. The predicted octanol–water partition coefficient (Wildman–Crippen LogP) is -6.89. The summed E-state index contributed by atoms with van der Waals surface area (Å²) in [5, 5.41) is 3.43. The van der Waals surface area contributed by atoms with Crippen molar-refractivity contribution < 1.29 is 0 Å². The summed E-state index contributed by atoms with van der Waals surface area (Å²) >= 11 is 0. The Hall–Kier alpha value is -6.38. The zero-order valence-corrected chi connectivity index (χ0v) is 40.2. The lowest BCUT2D eigenvalue weighted by Crippen LogP contribution is -2.55. The van der Waals surface area contributed by atoms with Crippen LogP contribution in [0.2, 0.25) is 0 Å². The molecule has 10 aromatic carbocycles. The van der Waals surface area contributed by atoms with Gasteiger partial charge in [0.15, 0.2) is 0 Å². The molecule has 0 bridgehead atoms.